The molecule has 2 rings (SSSR count). The molecule has 0 radical (unpaired) electrons. The Kier molecular flexibility index (Phi) is 13.9. The lowest BCUT2D eigenvalue weighted by atomic mass is 10.1. The fourth-order valence-electron chi connectivity index (χ4n) is 4.18. The lowest BCUT2D eigenvalue weighted by Gasteiger charge is -2.19. The van der Waals surface area contributed by atoms with Crippen molar-refractivity contribution in [2.24, 2.45) is 0 Å². The van der Waals surface area contributed by atoms with E-state index in [1.165, 1.54) is 52.1 Å². The first-order valence-electron chi connectivity index (χ1n) is 13.1. The Balaban J connectivity index is 1.88. The van der Waals surface area contributed by atoms with E-state index < -0.39 is 18.6 Å². The lowest BCUT2D eigenvalue weighted by Crippen LogP contribution is -2.19. The third-order valence-electron chi connectivity index (χ3n) is 6.30. The molecule has 0 aliphatic rings. The maximum absolute atomic E-state index is 14.1. The van der Waals surface area contributed by atoms with Crippen LogP contribution in [-0.2, 0) is 14.1 Å². The summed E-state index contributed by atoms with van der Waals surface area (Å²) in [6, 6.07) is 13.4. The van der Waals surface area contributed by atoms with E-state index in [4.69, 9.17) is 21.1 Å². The molecule has 0 saturated heterocycles. The number of unbranched alkanes of at least 4 members (excludes halogenated alkanes) is 9. The molecule has 198 valence electrons. The summed E-state index contributed by atoms with van der Waals surface area (Å²) in [7, 11) is -2.25. The molecule has 0 spiro atoms. The monoisotopic (exact) mass is 534 g/mol. The maximum Gasteiger partial charge on any atom is 0.306 e. The zero-order chi connectivity index (χ0) is 26.2. The number of ether oxygens (including phenoxy) is 2. The molecule has 36 heavy (non-hydrogen) atoms. The number of methoxy groups -OCH3 is 1. The molecular formula is C29H40ClO5P. The van der Waals surface area contributed by atoms with Gasteiger partial charge in [0.2, 0.25) is 5.52 Å². The average molecular weight is 535 g/mol. The standard InChI is InChI=1S/C29H40ClO5P/c1-3-4-5-6-7-8-9-10-11-15-22-35-27(31)21-23-36(33,24-17-13-12-14-18-24)29(32)28-25(30)19-16-20-26(28)34-2/h12-14,16-20H,3-11,15,21-23H2,1-2H3. The molecule has 2 aromatic rings. The second-order valence-electron chi connectivity index (χ2n) is 9.07. The first-order chi connectivity index (χ1) is 17.4. The van der Waals surface area contributed by atoms with Crippen LogP contribution in [0.1, 0.15) is 87.9 Å². The summed E-state index contributed by atoms with van der Waals surface area (Å²) in [4.78, 5) is 26.0. The van der Waals surface area contributed by atoms with Crippen LogP contribution in [0.5, 0.6) is 5.75 Å². The molecule has 0 N–H and O–H groups in total. The highest BCUT2D eigenvalue weighted by Gasteiger charge is 2.37. The predicted octanol–water partition coefficient (Wildman–Crippen LogP) is 8.03. The van der Waals surface area contributed by atoms with Gasteiger partial charge in [-0.25, -0.2) is 0 Å². The van der Waals surface area contributed by atoms with Crippen molar-refractivity contribution in [2.45, 2.75) is 77.6 Å². The van der Waals surface area contributed by atoms with Gasteiger partial charge in [0.15, 0.2) is 7.14 Å². The molecule has 1 atom stereocenters. The first kappa shape index (κ1) is 30.1. The van der Waals surface area contributed by atoms with Crippen LogP contribution in [0.4, 0.5) is 0 Å². The Morgan fingerprint density at radius 1 is 0.833 bits per heavy atom. The second kappa shape index (κ2) is 16.6. The van der Waals surface area contributed by atoms with Gasteiger partial charge in [-0.05, 0) is 18.6 Å². The summed E-state index contributed by atoms with van der Waals surface area (Å²) in [5.74, 6) is -0.187. The van der Waals surface area contributed by atoms with Gasteiger partial charge in [0.05, 0.1) is 30.7 Å². The second-order valence-corrected chi connectivity index (χ2v) is 12.3. The van der Waals surface area contributed by atoms with Gasteiger partial charge in [-0.15, -0.1) is 0 Å². The summed E-state index contributed by atoms with van der Waals surface area (Å²) in [6.07, 6.45) is 11.8. The van der Waals surface area contributed by atoms with E-state index in [1.807, 2.05) is 0 Å². The highest BCUT2D eigenvalue weighted by molar-refractivity contribution is 7.87. The first-order valence-corrected chi connectivity index (χ1v) is 15.4. The van der Waals surface area contributed by atoms with Gasteiger partial charge in [0.1, 0.15) is 5.75 Å². The Morgan fingerprint density at radius 2 is 1.44 bits per heavy atom. The van der Waals surface area contributed by atoms with Gasteiger partial charge >= 0.3 is 5.97 Å². The SMILES string of the molecule is CCCCCCCCCCCCOC(=O)CCP(=O)(C(=O)c1c(Cl)cccc1OC)c1ccccc1. The van der Waals surface area contributed by atoms with Crippen LogP contribution in [-0.4, -0.2) is 31.4 Å². The van der Waals surface area contributed by atoms with Crippen molar-refractivity contribution in [3.63, 3.8) is 0 Å². The smallest absolute Gasteiger partial charge is 0.306 e. The average Bonchev–Trinajstić information content (AvgIpc) is 2.90. The van der Waals surface area contributed by atoms with Gasteiger partial charge in [0, 0.05) is 11.5 Å². The number of carbonyl (C=O) groups is 2. The van der Waals surface area contributed by atoms with E-state index in [9.17, 15) is 14.2 Å². The topological polar surface area (TPSA) is 69.7 Å². The van der Waals surface area contributed by atoms with Gasteiger partial charge < -0.3 is 14.0 Å². The minimum absolute atomic E-state index is 0.0765. The van der Waals surface area contributed by atoms with E-state index in [0.717, 1.165) is 19.3 Å². The Labute approximate surface area is 221 Å². The molecular weight excluding hydrogens is 495 g/mol. The molecule has 0 aromatic heterocycles. The number of benzene rings is 2. The number of halogens is 1. The van der Waals surface area contributed by atoms with Gasteiger partial charge in [-0.2, -0.15) is 0 Å². The van der Waals surface area contributed by atoms with Crippen LogP contribution < -0.4 is 10.0 Å². The van der Waals surface area contributed by atoms with Crippen molar-refractivity contribution in [2.75, 3.05) is 19.9 Å². The quantitative estimate of drug-likeness (QED) is 0.110. The van der Waals surface area contributed by atoms with Crippen molar-refractivity contribution >= 4 is 35.5 Å². The third-order valence-corrected chi connectivity index (χ3v) is 9.48. The molecule has 0 aliphatic heterocycles. The Morgan fingerprint density at radius 3 is 2.06 bits per heavy atom. The fourth-order valence-corrected chi connectivity index (χ4v) is 6.93. The molecule has 0 aliphatic carbocycles. The van der Waals surface area contributed by atoms with Crippen LogP contribution >= 0.6 is 18.7 Å². The van der Waals surface area contributed by atoms with E-state index in [-0.39, 0.29) is 28.9 Å². The molecule has 7 heteroatoms. The minimum Gasteiger partial charge on any atom is -0.496 e. The van der Waals surface area contributed by atoms with E-state index >= 15 is 0 Å². The van der Waals surface area contributed by atoms with E-state index in [0.29, 0.717) is 11.9 Å². The maximum atomic E-state index is 14.1. The van der Waals surface area contributed by atoms with Crippen LogP contribution in [0.2, 0.25) is 5.02 Å². The van der Waals surface area contributed by atoms with Gasteiger partial charge in [-0.3, -0.25) is 9.59 Å². The summed E-state index contributed by atoms with van der Waals surface area (Å²) in [5, 5.41) is 0.554. The molecule has 0 heterocycles. The number of carbonyl (C=O) groups excluding carboxylic acids is 2. The minimum atomic E-state index is -3.68. The number of esters is 1. The van der Waals surface area contributed by atoms with E-state index in [2.05, 4.69) is 6.92 Å². The van der Waals surface area contributed by atoms with Crippen LogP contribution in [0.3, 0.4) is 0 Å². The van der Waals surface area contributed by atoms with Crippen LogP contribution in [0, 0.1) is 0 Å². The summed E-state index contributed by atoms with van der Waals surface area (Å²) in [6.45, 7) is 2.57. The van der Waals surface area contributed by atoms with Crippen molar-refractivity contribution in [1.29, 1.82) is 0 Å². The number of hydrogen-bond donors (Lipinski definition) is 0. The van der Waals surface area contributed by atoms with Crippen LogP contribution in [0.25, 0.3) is 0 Å². The molecule has 2 aromatic carbocycles. The molecule has 0 fully saturated rings. The van der Waals surface area contributed by atoms with Crippen LogP contribution in [0.15, 0.2) is 48.5 Å². The normalized spacial score (nSPS) is 12.6. The molecule has 0 amide bonds. The fraction of sp³-hybridized carbons (Fsp3) is 0.517. The van der Waals surface area contributed by atoms with E-state index in [1.54, 1.807) is 48.5 Å². The predicted molar refractivity (Wildman–Crippen MR) is 148 cm³/mol. The zero-order valence-electron chi connectivity index (χ0n) is 21.7. The highest BCUT2D eigenvalue weighted by Crippen LogP contribution is 2.51. The van der Waals surface area contributed by atoms with Gasteiger partial charge in [-0.1, -0.05) is 113 Å². The molecule has 1 unspecified atom stereocenters. The van der Waals surface area contributed by atoms with Crippen molar-refractivity contribution in [1.82, 2.24) is 0 Å². The summed E-state index contributed by atoms with van der Waals surface area (Å²) >= 11 is 6.30. The lowest BCUT2D eigenvalue weighted by molar-refractivity contribution is -0.143. The summed E-state index contributed by atoms with van der Waals surface area (Å²) < 4.78 is 24.8. The van der Waals surface area contributed by atoms with Crippen molar-refractivity contribution in [3.8, 4) is 5.75 Å². The van der Waals surface area contributed by atoms with Gasteiger partial charge in [0.25, 0.3) is 0 Å². The molecule has 5 nitrogen and oxygen atoms in total. The van der Waals surface area contributed by atoms with Crippen molar-refractivity contribution < 1.29 is 23.6 Å². The third kappa shape index (κ3) is 9.41. The largest absolute Gasteiger partial charge is 0.496 e. The zero-order valence-corrected chi connectivity index (χ0v) is 23.3. The molecule has 0 bridgehead atoms. The Hall–Kier alpha value is -2.10. The Bertz CT molecular complexity index is 992. The molecule has 0 saturated carbocycles. The summed E-state index contributed by atoms with van der Waals surface area (Å²) in [5.41, 5.74) is -0.536. The van der Waals surface area contributed by atoms with Crippen molar-refractivity contribution in [3.05, 3.63) is 59.1 Å². The highest BCUT2D eigenvalue weighted by atomic mass is 35.5. The number of hydrogen-bond acceptors (Lipinski definition) is 5. The number of rotatable bonds is 18.